The van der Waals surface area contributed by atoms with E-state index in [-0.39, 0.29) is 16.8 Å². The van der Waals surface area contributed by atoms with Gasteiger partial charge in [0.15, 0.2) is 5.11 Å². The molecule has 0 bridgehead atoms. The van der Waals surface area contributed by atoms with Crippen LogP contribution in [0, 0.1) is 13.8 Å². The Morgan fingerprint density at radius 1 is 1.16 bits per heavy atom. The maximum absolute atomic E-state index is 12.4. The van der Waals surface area contributed by atoms with Crippen LogP contribution in [0.3, 0.4) is 0 Å². The number of carbonyl (C=O) groups is 1. The standard InChI is InChI=1S/C20H24N2O2S/c1-5-14(4)15-6-7-18(23)17(11-15)21-20(25)22-19(24)16-9-12(2)8-13(3)10-16/h6-11,14,23H,5H2,1-4H3,(H2,21,22,24,25)/t14-/m0/s1. The Balaban J connectivity index is 2.10. The van der Waals surface area contributed by atoms with Crippen LogP contribution in [-0.2, 0) is 0 Å². The Morgan fingerprint density at radius 3 is 2.40 bits per heavy atom. The van der Waals surface area contributed by atoms with E-state index in [1.807, 2.05) is 44.2 Å². The number of hydrogen-bond donors (Lipinski definition) is 3. The summed E-state index contributed by atoms with van der Waals surface area (Å²) in [7, 11) is 0. The fourth-order valence-electron chi connectivity index (χ4n) is 2.63. The summed E-state index contributed by atoms with van der Waals surface area (Å²) in [6, 6.07) is 11.0. The molecule has 4 nitrogen and oxygen atoms in total. The lowest BCUT2D eigenvalue weighted by molar-refractivity contribution is 0.0977. The van der Waals surface area contributed by atoms with Gasteiger partial charge in [-0.1, -0.05) is 37.1 Å². The van der Waals surface area contributed by atoms with Crippen LogP contribution in [0.5, 0.6) is 5.75 Å². The van der Waals surface area contributed by atoms with Crippen LogP contribution in [0.1, 0.15) is 53.2 Å². The van der Waals surface area contributed by atoms with E-state index in [1.165, 1.54) is 0 Å². The predicted octanol–water partition coefficient (Wildman–Crippen LogP) is 4.65. The van der Waals surface area contributed by atoms with Crippen LogP contribution in [-0.4, -0.2) is 16.1 Å². The first-order valence-electron chi connectivity index (χ1n) is 8.33. The van der Waals surface area contributed by atoms with E-state index in [2.05, 4.69) is 24.5 Å². The zero-order valence-corrected chi connectivity index (χ0v) is 15.8. The quantitative estimate of drug-likeness (QED) is 0.551. The summed E-state index contributed by atoms with van der Waals surface area (Å²) in [6.45, 7) is 8.12. The van der Waals surface area contributed by atoms with Crippen molar-refractivity contribution in [1.29, 1.82) is 0 Å². The molecule has 0 aliphatic rings. The second kappa shape index (κ2) is 8.12. The third kappa shape index (κ3) is 5.03. The molecule has 2 aromatic rings. The Morgan fingerprint density at radius 2 is 1.80 bits per heavy atom. The molecule has 0 heterocycles. The van der Waals surface area contributed by atoms with E-state index in [9.17, 15) is 9.90 Å². The number of benzene rings is 2. The lowest BCUT2D eigenvalue weighted by atomic mass is 9.98. The Hall–Kier alpha value is -2.40. The van der Waals surface area contributed by atoms with Crippen molar-refractivity contribution < 1.29 is 9.90 Å². The van der Waals surface area contributed by atoms with Gasteiger partial charge in [0.25, 0.3) is 5.91 Å². The van der Waals surface area contributed by atoms with Gasteiger partial charge in [0, 0.05) is 5.56 Å². The molecule has 0 unspecified atom stereocenters. The summed E-state index contributed by atoms with van der Waals surface area (Å²) in [6.07, 6.45) is 0.998. The highest BCUT2D eigenvalue weighted by Crippen LogP contribution is 2.29. The molecular weight excluding hydrogens is 332 g/mol. The molecule has 0 saturated carbocycles. The van der Waals surface area contributed by atoms with Gasteiger partial charge in [0.2, 0.25) is 0 Å². The number of phenolic OH excluding ortho intramolecular Hbond substituents is 1. The molecule has 0 radical (unpaired) electrons. The molecule has 0 spiro atoms. The smallest absolute Gasteiger partial charge is 0.257 e. The van der Waals surface area contributed by atoms with Crippen molar-refractivity contribution in [2.75, 3.05) is 5.32 Å². The van der Waals surface area contributed by atoms with Crippen LogP contribution in [0.15, 0.2) is 36.4 Å². The first-order chi connectivity index (χ1) is 11.8. The summed E-state index contributed by atoms with van der Waals surface area (Å²) in [5, 5.41) is 15.7. The molecule has 132 valence electrons. The molecule has 0 aliphatic carbocycles. The maximum Gasteiger partial charge on any atom is 0.257 e. The fourth-order valence-corrected chi connectivity index (χ4v) is 2.83. The van der Waals surface area contributed by atoms with Crippen LogP contribution < -0.4 is 10.6 Å². The van der Waals surface area contributed by atoms with Crippen molar-refractivity contribution in [2.45, 2.75) is 40.0 Å². The van der Waals surface area contributed by atoms with Crippen LogP contribution in [0.25, 0.3) is 0 Å². The summed E-state index contributed by atoms with van der Waals surface area (Å²) in [5.74, 6) is 0.191. The van der Waals surface area contributed by atoms with Gasteiger partial charge in [-0.25, -0.2) is 0 Å². The minimum absolute atomic E-state index is 0.0926. The SMILES string of the molecule is CC[C@H](C)c1ccc(O)c(NC(=S)NC(=O)c2cc(C)cc(C)c2)c1. The molecule has 3 N–H and O–H groups in total. The van der Waals surface area contributed by atoms with Crippen LogP contribution in [0.4, 0.5) is 5.69 Å². The van der Waals surface area contributed by atoms with Crippen molar-refractivity contribution in [1.82, 2.24) is 5.32 Å². The summed E-state index contributed by atoms with van der Waals surface area (Å²) < 4.78 is 0. The third-order valence-electron chi connectivity index (χ3n) is 4.16. The van der Waals surface area contributed by atoms with Crippen LogP contribution in [0.2, 0.25) is 0 Å². The van der Waals surface area contributed by atoms with Crippen molar-refractivity contribution in [2.24, 2.45) is 0 Å². The van der Waals surface area contributed by atoms with Gasteiger partial charge in [-0.15, -0.1) is 0 Å². The molecule has 0 fully saturated rings. The summed E-state index contributed by atoms with van der Waals surface area (Å²) in [4.78, 5) is 12.4. The van der Waals surface area contributed by atoms with Gasteiger partial charge in [-0.2, -0.15) is 0 Å². The monoisotopic (exact) mass is 356 g/mol. The first-order valence-corrected chi connectivity index (χ1v) is 8.74. The third-order valence-corrected chi connectivity index (χ3v) is 4.37. The minimum Gasteiger partial charge on any atom is -0.506 e. The minimum atomic E-state index is -0.276. The molecule has 0 saturated heterocycles. The molecule has 1 amide bonds. The number of anilines is 1. The highest BCUT2D eigenvalue weighted by Gasteiger charge is 2.12. The number of aromatic hydroxyl groups is 1. The second-order valence-corrected chi connectivity index (χ2v) is 6.78. The number of rotatable bonds is 4. The fraction of sp³-hybridized carbons (Fsp3) is 0.300. The number of nitrogens with one attached hydrogen (secondary N) is 2. The number of thiocarbonyl (C=S) groups is 1. The van der Waals surface area contributed by atoms with Crippen molar-refractivity contribution >= 4 is 28.9 Å². The van der Waals surface area contributed by atoms with E-state index in [0.29, 0.717) is 17.2 Å². The number of phenols is 1. The van der Waals surface area contributed by atoms with Gasteiger partial charge in [0.05, 0.1) is 5.69 Å². The van der Waals surface area contributed by atoms with Gasteiger partial charge in [-0.05, 0) is 68.2 Å². The van der Waals surface area contributed by atoms with E-state index in [1.54, 1.807) is 6.07 Å². The summed E-state index contributed by atoms with van der Waals surface area (Å²) in [5.41, 5.74) is 4.18. The molecule has 1 atom stereocenters. The van der Waals surface area contributed by atoms with E-state index >= 15 is 0 Å². The van der Waals surface area contributed by atoms with Crippen LogP contribution >= 0.6 is 12.2 Å². The highest BCUT2D eigenvalue weighted by molar-refractivity contribution is 7.80. The average Bonchev–Trinajstić information content (AvgIpc) is 2.55. The van der Waals surface area contributed by atoms with E-state index < -0.39 is 0 Å². The largest absolute Gasteiger partial charge is 0.506 e. The molecule has 0 aromatic heterocycles. The van der Waals surface area contributed by atoms with Crippen molar-refractivity contribution in [3.63, 3.8) is 0 Å². The molecule has 5 heteroatoms. The number of carbonyl (C=O) groups excluding carboxylic acids is 1. The highest BCUT2D eigenvalue weighted by atomic mass is 32.1. The predicted molar refractivity (Wildman–Crippen MR) is 106 cm³/mol. The molecule has 2 aromatic carbocycles. The Kier molecular flexibility index (Phi) is 6.15. The van der Waals surface area contributed by atoms with Gasteiger partial charge in [0.1, 0.15) is 5.75 Å². The molecular formula is C20H24N2O2S. The summed E-state index contributed by atoms with van der Waals surface area (Å²) >= 11 is 5.22. The topological polar surface area (TPSA) is 61.4 Å². The molecule has 0 aliphatic heterocycles. The number of amides is 1. The Labute approximate surface area is 154 Å². The normalized spacial score (nSPS) is 11.7. The zero-order chi connectivity index (χ0) is 18.6. The number of aryl methyl sites for hydroxylation is 2. The average molecular weight is 356 g/mol. The van der Waals surface area contributed by atoms with E-state index in [0.717, 1.165) is 23.1 Å². The lowest BCUT2D eigenvalue weighted by Crippen LogP contribution is -2.34. The maximum atomic E-state index is 12.4. The second-order valence-electron chi connectivity index (χ2n) is 6.37. The zero-order valence-electron chi connectivity index (χ0n) is 15.0. The number of hydrogen-bond acceptors (Lipinski definition) is 3. The van der Waals surface area contributed by atoms with Gasteiger partial charge < -0.3 is 10.4 Å². The molecule has 25 heavy (non-hydrogen) atoms. The van der Waals surface area contributed by atoms with Gasteiger partial charge >= 0.3 is 0 Å². The van der Waals surface area contributed by atoms with E-state index in [4.69, 9.17) is 12.2 Å². The first kappa shape index (κ1) is 18.9. The van der Waals surface area contributed by atoms with Crippen molar-refractivity contribution in [3.8, 4) is 5.75 Å². The van der Waals surface area contributed by atoms with Crippen molar-refractivity contribution in [3.05, 3.63) is 58.7 Å². The Bertz CT molecular complexity index is 782. The lowest BCUT2D eigenvalue weighted by Gasteiger charge is -2.15. The van der Waals surface area contributed by atoms with Gasteiger partial charge in [-0.3, -0.25) is 10.1 Å². The molecule has 2 rings (SSSR count).